The van der Waals surface area contributed by atoms with Gasteiger partial charge in [0, 0.05) is 18.9 Å². The molecule has 0 bridgehead atoms. The standard InChI is InChI=1S/C10H20N2O3/c1-10(2,3)15-9(13)12(14)6-4-8(11)5-7-12/h8H,4-7,11H2,1-3H3. The van der Waals surface area contributed by atoms with Crippen molar-refractivity contribution in [1.82, 2.24) is 0 Å². The van der Waals surface area contributed by atoms with Crippen molar-refractivity contribution in [2.24, 2.45) is 5.73 Å². The largest absolute Gasteiger partial charge is 0.622 e. The molecule has 2 N–H and O–H groups in total. The van der Waals surface area contributed by atoms with E-state index in [0.717, 1.165) is 0 Å². The molecule has 0 aromatic heterocycles. The molecule has 1 rings (SSSR count). The third-order valence-corrected chi connectivity index (χ3v) is 2.45. The van der Waals surface area contributed by atoms with Crippen molar-refractivity contribution in [1.29, 1.82) is 0 Å². The Hall–Kier alpha value is -0.650. The fourth-order valence-corrected chi connectivity index (χ4v) is 1.53. The molecule has 1 aliphatic heterocycles. The molecular formula is C10H20N2O3. The molecule has 0 aromatic rings. The summed E-state index contributed by atoms with van der Waals surface area (Å²) in [6, 6.07) is 0.0487. The summed E-state index contributed by atoms with van der Waals surface area (Å²) in [6.45, 7) is 5.73. The highest BCUT2D eigenvalue weighted by atomic mass is 16.7. The molecule has 0 unspecified atom stereocenters. The van der Waals surface area contributed by atoms with Gasteiger partial charge in [-0.05, 0) is 20.8 Å². The van der Waals surface area contributed by atoms with Gasteiger partial charge < -0.3 is 15.7 Å². The zero-order chi connectivity index (χ0) is 11.7. The minimum atomic E-state index is -0.884. The Balaban J connectivity index is 2.58. The van der Waals surface area contributed by atoms with Crippen molar-refractivity contribution in [2.45, 2.75) is 45.3 Å². The monoisotopic (exact) mass is 216 g/mol. The van der Waals surface area contributed by atoms with Gasteiger partial charge in [0.25, 0.3) is 0 Å². The Labute approximate surface area is 90.4 Å². The van der Waals surface area contributed by atoms with E-state index < -0.39 is 16.3 Å². The van der Waals surface area contributed by atoms with Gasteiger partial charge in [0.05, 0.1) is 13.1 Å². The summed E-state index contributed by atoms with van der Waals surface area (Å²) in [5.74, 6) is 0. The van der Waals surface area contributed by atoms with E-state index in [1.165, 1.54) is 0 Å². The van der Waals surface area contributed by atoms with Crippen LogP contribution in [0.4, 0.5) is 4.79 Å². The summed E-state index contributed by atoms with van der Waals surface area (Å²) >= 11 is 0. The summed E-state index contributed by atoms with van der Waals surface area (Å²) in [6.07, 6.45) is 0.486. The fraction of sp³-hybridized carbons (Fsp3) is 0.900. The van der Waals surface area contributed by atoms with E-state index in [1.807, 2.05) is 0 Å². The van der Waals surface area contributed by atoms with Gasteiger partial charge in [-0.15, -0.1) is 0 Å². The van der Waals surface area contributed by atoms with Crippen LogP contribution in [-0.4, -0.2) is 35.5 Å². The highest BCUT2D eigenvalue weighted by Gasteiger charge is 2.36. The second-order valence-corrected chi connectivity index (χ2v) is 5.15. The van der Waals surface area contributed by atoms with Crippen LogP contribution in [0.5, 0.6) is 0 Å². The third-order valence-electron chi connectivity index (χ3n) is 2.45. The van der Waals surface area contributed by atoms with Gasteiger partial charge in [0.2, 0.25) is 0 Å². The Bertz CT molecular complexity index is 240. The van der Waals surface area contributed by atoms with Crippen molar-refractivity contribution in [3.8, 4) is 0 Å². The Kier molecular flexibility index (Phi) is 3.38. The molecule has 15 heavy (non-hydrogen) atoms. The molecule has 5 heteroatoms. The number of quaternary nitrogens is 1. The predicted molar refractivity (Wildman–Crippen MR) is 56.8 cm³/mol. The average molecular weight is 216 g/mol. The normalized spacial score (nSPS) is 32.5. The molecule has 88 valence electrons. The SMILES string of the molecule is CC(C)(C)OC(=O)[N+]1([O-])CCC(N)CC1. The number of hydrogen-bond donors (Lipinski definition) is 1. The highest BCUT2D eigenvalue weighted by Crippen LogP contribution is 2.21. The average Bonchev–Trinajstić information content (AvgIpc) is 2.07. The van der Waals surface area contributed by atoms with Crippen LogP contribution in [0.25, 0.3) is 0 Å². The number of rotatable bonds is 0. The summed E-state index contributed by atoms with van der Waals surface area (Å²) in [7, 11) is 0. The van der Waals surface area contributed by atoms with Crippen LogP contribution < -0.4 is 5.73 Å². The number of ether oxygens (including phenoxy) is 1. The van der Waals surface area contributed by atoms with Crippen LogP contribution in [-0.2, 0) is 4.74 Å². The van der Waals surface area contributed by atoms with Crippen LogP contribution >= 0.6 is 0 Å². The number of nitrogens with zero attached hydrogens (tertiary/aromatic N) is 1. The second kappa shape index (κ2) is 4.08. The van der Waals surface area contributed by atoms with Gasteiger partial charge in [-0.2, -0.15) is 4.79 Å². The first-order chi connectivity index (χ1) is 6.73. The minimum absolute atomic E-state index is 0.0487. The van der Waals surface area contributed by atoms with Gasteiger partial charge in [-0.25, -0.2) is 0 Å². The topological polar surface area (TPSA) is 75.4 Å². The maximum Gasteiger partial charge on any atom is 0.516 e. The first-order valence-corrected chi connectivity index (χ1v) is 5.30. The summed E-state index contributed by atoms with van der Waals surface area (Å²) in [4.78, 5) is 11.6. The van der Waals surface area contributed by atoms with Crippen molar-refractivity contribution >= 4 is 6.09 Å². The number of carbonyl (C=O) groups is 1. The summed E-state index contributed by atoms with van der Waals surface area (Å²) < 4.78 is 4.21. The van der Waals surface area contributed by atoms with E-state index in [1.54, 1.807) is 20.8 Å². The fourth-order valence-electron chi connectivity index (χ4n) is 1.53. The van der Waals surface area contributed by atoms with Gasteiger partial charge in [0.1, 0.15) is 5.60 Å². The van der Waals surface area contributed by atoms with Gasteiger partial charge in [-0.3, -0.25) is 4.65 Å². The number of nitrogens with two attached hydrogens (primary N) is 1. The molecule has 0 radical (unpaired) electrons. The maximum absolute atomic E-state index is 12.1. The Morgan fingerprint density at radius 2 is 1.87 bits per heavy atom. The molecule has 1 saturated heterocycles. The van der Waals surface area contributed by atoms with Crippen LogP contribution in [0.3, 0.4) is 0 Å². The number of hydrogen-bond acceptors (Lipinski definition) is 4. The van der Waals surface area contributed by atoms with Crippen LogP contribution in [0, 0.1) is 5.21 Å². The van der Waals surface area contributed by atoms with E-state index in [0.29, 0.717) is 12.8 Å². The third kappa shape index (κ3) is 3.44. The number of amides is 1. The van der Waals surface area contributed by atoms with Crippen molar-refractivity contribution in [2.75, 3.05) is 13.1 Å². The lowest BCUT2D eigenvalue weighted by atomic mass is 10.1. The number of piperidine rings is 1. The van der Waals surface area contributed by atoms with E-state index in [4.69, 9.17) is 10.5 Å². The van der Waals surface area contributed by atoms with Gasteiger partial charge >= 0.3 is 6.09 Å². The molecule has 1 heterocycles. The second-order valence-electron chi connectivity index (χ2n) is 5.15. The maximum atomic E-state index is 12.1. The zero-order valence-corrected chi connectivity index (χ0v) is 9.66. The van der Waals surface area contributed by atoms with Crippen LogP contribution in [0.15, 0.2) is 0 Å². The van der Waals surface area contributed by atoms with E-state index in [2.05, 4.69) is 0 Å². The van der Waals surface area contributed by atoms with Gasteiger partial charge in [-0.1, -0.05) is 0 Å². The quantitative estimate of drug-likeness (QED) is 0.490. The highest BCUT2D eigenvalue weighted by molar-refractivity contribution is 5.60. The molecule has 5 nitrogen and oxygen atoms in total. The van der Waals surface area contributed by atoms with E-state index >= 15 is 0 Å². The van der Waals surface area contributed by atoms with Crippen molar-refractivity contribution in [3.63, 3.8) is 0 Å². The molecule has 0 aliphatic carbocycles. The molecule has 0 aromatic carbocycles. The lowest BCUT2D eigenvalue weighted by molar-refractivity contribution is -0.814. The van der Waals surface area contributed by atoms with Gasteiger partial charge in [0.15, 0.2) is 0 Å². The van der Waals surface area contributed by atoms with E-state index in [9.17, 15) is 10.0 Å². The molecule has 1 aliphatic rings. The van der Waals surface area contributed by atoms with Crippen LogP contribution in [0.1, 0.15) is 33.6 Å². The Morgan fingerprint density at radius 3 is 2.27 bits per heavy atom. The summed E-state index contributed by atoms with van der Waals surface area (Å²) in [5, 5.41) is 12.1. The smallest absolute Gasteiger partial charge is 0.516 e. The lowest BCUT2D eigenvalue weighted by Gasteiger charge is -2.43. The number of hydroxylamine groups is 3. The zero-order valence-electron chi connectivity index (χ0n) is 9.66. The predicted octanol–water partition coefficient (Wildman–Crippen LogP) is 1.36. The number of likely N-dealkylation sites (tertiary alicyclic amines) is 1. The first kappa shape index (κ1) is 12.4. The van der Waals surface area contributed by atoms with E-state index in [-0.39, 0.29) is 19.1 Å². The molecule has 0 saturated carbocycles. The van der Waals surface area contributed by atoms with Crippen molar-refractivity contribution < 1.29 is 14.2 Å². The molecule has 1 fully saturated rings. The molecular weight excluding hydrogens is 196 g/mol. The number of carbonyl (C=O) groups excluding carboxylic acids is 1. The van der Waals surface area contributed by atoms with Crippen LogP contribution in [0.2, 0.25) is 0 Å². The first-order valence-electron chi connectivity index (χ1n) is 5.30. The molecule has 0 atom stereocenters. The molecule has 0 spiro atoms. The lowest BCUT2D eigenvalue weighted by Crippen LogP contribution is -2.56. The molecule has 1 amide bonds. The Morgan fingerprint density at radius 1 is 1.40 bits per heavy atom. The van der Waals surface area contributed by atoms with Crippen molar-refractivity contribution in [3.05, 3.63) is 5.21 Å². The minimum Gasteiger partial charge on any atom is -0.622 e. The summed E-state index contributed by atoms with van der Waals surface area (Å²) in [5.41, 5.74) is 5.08.